The number of halogens is 1. The van der Waals surface area contributed by atoms with Gasteiger partial charge in [0.1, 0.15) is 12.4 Å². The third-order valence-electron chi connectivity index (χ3n) is 4.60. The van der Waals surface area contributed by atoms with E-state index in [9.17, 15) is 0 Å². The van der Waals surface area contributed by atoms with Crippen LogP contribution in [0, 0.1) is 6.92 Å². The van der Waals surface area contributed by atoms with Crippen LogP contribution in [0.4, 0.5) is 0 Å². The first-order valence-electron chi connectivity index (χ1n) is 9.30. The van der Waals surface area contributed by atoms with Crippen molar-refractivity contribution in [3.8, 4) is 0 Å². The van der Waals surface area contributed by atoms with Gasteiger partial charge in [-0.05, 0) is 33.2 Å². The number of guanidine groups is 1. The molecule has 9 heteroatoms. The summed E-state index contributed by atoms with van der Waals surface area (Å²) in [5.74, 6) is 2.62. The fraction of sp³-hybridized carbons (Fsp3) is 0.824. The molecule has 1 fully saturated rings. The number of rotatable bonds is 8. The highest BCUT2D eigenvalue weighted by molar-refractivity contribution is 14.0. The molecule has 1 aliphatic heterocycles. The predicted octanol–water partition coefficient (Wildman–Crippen LogP) is 1.30. The number of hydrogen-bond acceptors (Lipinski definition) is 5. The molecule has 0 bridgehead atoms. The topological polar surface area (TPSA) is 79.6 Å². The summed E-state index contributed by atoms with van der Waals surface area (Å²) in [6.07, 6.45) is 2.14. The van der Waals surface area contributed by atoms with Gasteiger partial charge in [0.15, 0.2) is 11.8 Å². The van der Waals surface area contributed by atoms with Crippen LogP contribution >= 0.6 is 24.0 Å². The van der Waals surface area contributed by atoms with Gasteiger partial charge in [-0.1, -0.05) is 6.92 Å². The second kappa shape index (κ2) is 12.4. The summed E-state index contributed by atoms with van der Waals surface area (Å²) in [6, 6.07) is 0.381. The molecule has 1 aromatic rings. The number of aryl methyl sites for hydroxylation is 1. The Balaban J connectivity index is 0.00000338. The Kier molecular flexibility index (Phi) is 11.1. The van der Waals surface area contributed by atoms with Crippen molar-refractivity contribution in [2.24, 2.45) is 12.0 Å². The first-order valence-corrected chi connectivity index (χ1v) is 9.30. The molecular formula is C17H34IN7O. The van der Waals surface area contributed by atoms with Gasteiger partial charge >= 0.3 is 0 Å². The van der Waals surface area contributed by atoms with Gasteiger partial charge in [-0.15, -0.1) is 34.2 Å². The Morgan fingerprint density at radius 1 is 1.31 bits per heavy atom. The van der Waals surface area contributed by atoms with Gasteiger partial charge in [-0.2, -0.15) is 0 Å². The van der Waals surface area contributed by atoms with E-state index in [-0.39, 0.29) is 24.0 Å². The zero-order chi connectivity index (χ0) is 18.1. The average molecular weight is 479 g/mol. The molecule has 2 N–H and O–H groups in total. The Morgan fingerprint density at radius 3 is 2.65 bits per heavy atom. The normalized spacial score (nSPS) is 16.8. The first-order chi connectivity index (χ1) is 12.1. The number of nitrogens with zero attached hydrogens (tertiary/aromatic N) is 5. The average Bonchev–Trinajstić information content (AvgIpc) is 2.95. The van der Waals surface area contributed by atoms with Crippen molar-refractivity contribution in [2.45, 2.75) is 46.2 Å². The van der Waals surface area contributed by atoms with Gasteiger partial charge in [0.2, 0.25) is 0 Å². The summed E-state index contributed by atoms with van der Waals surface area (Å²) in [4.78, 5) is 7.13. The second-order valence-corrected chi connectivity index (χ2v) is 6.58. The summed E-state index contributed by atoms with van der Waals surface area (Å²) < 4.78 is 7.36. The minimum atomic E-state index is 0. The van der Waals surface area contributed by atoms with Crippen molar-refractivity contribution in [3.05, 3.63) is 11.6 Å². The standard InChI is InChI=1S/C17H33N7O.HI/c1-5-14(2)20-17(19-13-16-22-21-15(3)23(16)4)18-7-6-8-24-9-11-25-12-10-24;/h14H,5-13H2,1-4H3,(H2,18,19,20);1H. The number of hydrogen-bond donors (Lipinski definition) is 2. The molecule has 150 valence electrons. The Hall–Kier alpha value is -0.940. The molecule has 1 aromatic heterocycles. The smallest absolute Gasteiger partial charge is 0.191 e. The van der Waals surface area contributed by atoms with Crippen LogP contribution in [0.25, 0.3) is 0 Å². The zero-order valence-corrected chi connectivity index (χ0v) is 18.8. The highest BCUT2D eigenvalue weighted by atomic mass is 127. The maximum absolute atomic E-state index is 5.39. The molecule has 8 nitrogen and oxygen atoms in total. The lowest BCUT2D eigenvalue weighted by molar-refractivity contribution is 0.0376. The van der Waals surface area contributed by atoms with Gasteiger partial charge in [-0.25, -0.2) is 4.99 Å². The molecule has 0 aromatic carbocycles. The molecule has 26 heavy (non-hydrogen) atoms. The second-order valence-electron chi connectivity index (χ2n) is 6.58. The molecule has 0 amide bonds. The third-order valence-corrected chi connectivity index (χ3v) is 4.60. The van der Waals surface area contributed by atoms with Crippen LogP contribution in [-0.4, -0.2) is 71.1 Å². The molecule has 0 spiro atoms. The number of aliphatic imine (C=N–C) groups is 1. The van der Waals surface area contributed by atoms with E-state index in [1.54, 1.807) is 0 Å². The predicted molar refractivity (Wildman–Crippen MR) is 115 cm³/mol. The molecule has 2 heterocycles. The quantitative estimate of drug-likeness (QED) is 0.253. The van der Waals surface area contributed by atoms with E-state index in [2.05, 4.69) is 44.6 Å². The van der Waals surface area contributed by atoms with Crippen molar-refractivity contribution in [2.75, 3.05) is 39.4 Å². The number of nitrogens with one attached hydrogen (secondary N) is 2. The van der Waals surface area contributed by atoms with Gasteiger partial charge in [0, 0.05) is 32.7 Å². The Labute approximate surface area is 174 Å². The highest BCUT2D eigenvalue weighted by Crippen LogP contribution is 2.00. The highest BCUT2D eigenvalue weighted by Gasteiger charge is 2.10. The molecule has 0 aliphatic carbocycles. The van der Waals surface area contributed by atoms with Crippen LogP contribution in [0.5, 0.6) is 0 Å². The summed E-state index contributed by atoms with van der Waals surface area (Å²) >= 11 is 0. The number of aromatic nitrogens is 3. The van der Waals surface area contributed by atoms with Crippen molar-refractivity contribution in [3.63, 3.8) is 0 Å². The minimum absolute atomic E-state index is 0. The molecule has 0 radical (unpaired) electrons. The Morgan fingerprint density at radius 2 is 2.04 bits per heavy atom. The molecule has 1 atom stereocenters. The van der Waals surface area contributed by atoms with Crippen LogP contribution in [-0.2, 0) is 18.3 Å². The van der Waals surface area contributed by atoms with Crippen molar-refractivity contribution >= 4 is 29.9 Å². The molecule has 2 rings (SSSR count). The van der Waals surface area contributed by atoms with E-state index >= 15 is 0 Å². The number of morpholine rings is 1. The lowest BCUT2D eigenvalue weighted by atomic mass is 10.3. The fourth-order valence-electron chi connectivity index (χ4n) is 2.56. The third kappa shape index (κ3) is 7.75. The summed E-state index contributed by atoms with van der Waals surface area (Å²) in [5.41, 5.74) is 0. The first kappa shape index (κ1) is 23.1. The van der Waals surface area contributed by atoms with E-state index in [4.69, 9.17) is 4.74 Å². The summed E-state index contributed by atoms with van der Waals surface area (Å²) in [7, 11) is 1.97. The molecule has 1 saturated heterocycles. The largest absolute Gasteiger partial charge is 0.379 e. The van der Waals surface area contributed by atoms with Crippen LogP contribution < -0.4 is 10.6 Å². The lowest BCUT2D eigenvalue weighted by Crippen LogP contribution is -2.43. The van der Waals surface area contributed by atoms with Crippen molar-refractivity contribution in [1.29, 1.82) is 0 Å². The van der Waals surface area contributed by atoms with Crippen LogP contribution in [0.1, 0.15) is 38.3 Å². The molecule has 1 unspecified atom stereocenters. The summed E-state index contributed by atoms with van der Waals surface area (Å²) in [6.45, 7) is 12.6. The van der Waals surface area contributed by atoms with E-state index in [0.29, 0.717) is 12.6 Å². The van der Waals surface area contributed by atoms with Gasteiger partial charge in [-0.3, -0.25) is 4.90 Å². The van der Waals surface area contributed by atoms with Crippen molar-refractivity contribution in [1.82, 2.24) is 30.3 Å². The zero-order valence-electron chi connectivity index (χ0n) is 16.5. The van der Waals surface area contributed by atoms with Gasteiger partial charge in [0.25, 0.3) is 0 Å². The van der Waals surface area contributed by atoms with Crippen LogP contribution in [0.15, 0.2) is 4.99 Å². The minimum Gasteiger partial charge on any atom is -0.379 e. The van der Waals surface area contributed by atoms with E-state index in [1.807, 2.05) is 18.5 Å². The molecular weight excluding hydrogens is 445 g/mol. The fourth-order valence-corrected chi connectivity index (χ4v) is 2.56. The number of ether oxygens (including phenoxy) is 1. The van der Waals surface area contributed by atoms with E-state index < -0.39 is 0 Å². The molecule has 1 aliphatic rings. The maximum atomic E-state index is 5.39. The van der Waals surface area contributed by atoms with Gasteiger partial charge in [0.05, 0.1) is 13.2 Å². The Bertz CT molecular complexity index is 543. The maximum Gasteiger partial charge on any atom is 0.191 e. The molecule has 0 saturated carbocycles. The lowest BCUT2D eigenvalue weighted by Gasteiger charge is -2.26. The SMILES string of the molecule is CCC(C)NC(=NCc1nnc(C)n1C)NCCCN1CCOCC1.I. The van der Waals surface area contributed by atoms with E-state index in [0.717, 1.165) is 69.8 Å². The van der Waals surface area contributed by atoms with E-state index in [1.165, 1.54) is 0 Å². The van der Waals surface area contributed by atoms with Crippen LogP contribution in [0.2, 0.25) is 0 Å². The monoisotopic (exact) mass is 479 g/mol. The van der Waals surface area contributed by atoms with Gasteiger partial charge < -0.3 is 19.9 Å². The van der Waals surface area contributed by atoms with Crippen molar-refractivity contribution < 1.29 is 4.74 Å². The summed E-state index contributed by atoms with van der Waals surface area (Å²) in [5, 5.41) is 15.2. The van der Waals surface area contributed by atoms with Crippen LogP contribution in [0.3, 0.4) is 0 Å².